The number of likely N-dealkylation sites (tertiary alicyclic amines) is 1. The predicted octanol–water partition coefficient (Wildman–Crippen LogP) is 2.38. The minimum Gasteiger partial charge on any atom is -0.480 e. The van der Waals surface area contributed by atoms with E-state index in [1.165, 1.54) is 18.2 Å². The Morgan fingerprint density at radius 1 is 1.48 bits per heavy atom. The molecule has 4 nitrogen and oxygen atoms in total. The Morgan fingerprint density at radius 3 is 3.00 bits per heavy atom. The van der Waals surface area contributed by atoms with E-state index in [9.17, 15) is 14.3 Å². The van der Waals surface area contributed by atoms with Gasteiger partial charge in [-0.15, -0.1) is 0 Å². The van der Waals surface area contributed by atoms with Crippen molar-refractivity contribution in [1.82, 2.24) is 4.90 Å². The first-order valence-electron chi connectivity index (χ1n) is 7.25. The summed E-state index contributed by atoms with van der Waals surface area (Å²) >= 11 is 0. The molecule has 0 spiro atoms. The van der Waals surface area contributed by atoms with Crippen molar-refractivity contribution in [2.75, 3.05) is 6.54 Å². The molecular formula is C16H17FN2O2. The van der Waals surface area contributed by atoms with Crippen LogP contribution in [0.15, 0.2) is 18.2 Å². The number of rotatable bonds is 3. The number of nitrogens with zero attached hydrogens (tertiary/aromatic N) is 2. The van der Waals surface area contributed by atoms with Gasteiger partial charge in [-0.1, -0.05) is 6.42 Å². The summed E-state index contributed by atoms with van der Waals surface area (Å²) in [6.07, 6.45) is 3.11. The van der Waals surface area contributed by atoms with E-state index in [1.54, 1.807) is 0 Å². The number of aliphatic carboxylic acids is 1. The molecule has 2 aliphatic rings. The second-order valence-electron chi connectivity index (χ2n) is 5.98. The first-order valence-corrected chi connectivity index (χ1v) is 7.25. The smallest absolute Gasteiger partial charge is 0.321 e. The molecule has 110 valence electrons. The predicted molar refractivity (Wildman–Crippen MR) is 73.8 cm³/mol. The highest BCUT2D eigenvalue weighted by molar-refractivity contribution is 5.74. The summed E-state index contributed by atoms with van der Waals surface area (Å²) in [6.45, 7) is 1.05. The van der Waals surface area contributed by atoms with Gasteiger partial charge in [0.05, 0.1) is 11.6 Å². The third-order valence-corrected chi connectivity index (χ3v) is 4.80. The zero-order valence-corrected chi connectivity index (χ0v) is 11.6. The molecule has 0 radical (unpaired) electrons. The number of nitriles is 1. The number of carbonyl (C=O) groups is 1. The molecule has 1 N–H and O–H groups in total. The monoisotopic (exact) mass is 288 g/mol. The lowest BCUT2D eigenvalue weighted by Crippen LogP contribution is -2.39. The van der Waals surface area contributed by atoms with E-state index in [0.29, 0.717) is 23.6 Å². The third-order valence-electron chi connectivity index (χ3n) is 4.80. The van der Waals surface area contributed by atoms with Crippen molar-refractivity contribution in [2.45, 2.75) is 31.8 Å². The molecule has 0 aromatic heterocycles. The van der Waals surface area contributed by atoms with Crippen molar-refractivity contribution >= 4 is 5.97 Å². The molecule has 0 bridgehead atoms. The zero-order chi connectivity index (χ0) is 15.0. The average molecular weight is 288 g/mol. The van der Waals surface area contributed by atoms with Gasteiger partial charge >= 0.3 is 5.97 Å². The Kier molecular flexibility index (Phi) is 3.64. The molecule has 3 rings (SSSR count). The molecule has 1 saturated carbocycles. The maximum absolute atomic E-state index is 13.4. The highest BCUT2D eigenvalue weighted by atomic mass is 19.1. The summed E-state index contributed by atoms with van der Waals surface area (Å²) in [4.78, 5) is 13.5. The maximum atomic E-state index is 13.4. The first kappa shape index (κ1) is 14.0. The lowest BCUT2D eigenvalue weighted by atomic mass is 9.94. The summed E-state index contributed by atoms with van der Waals surface area (Å²) in [7, 11) is 0. The lowest BCUT2D eigenvalue weighted by Gasteiger charge is -2.24. The minimum atomic E-state index is -0.806. The Labute approximate surface area is 122 Å². The molecule has 3 atom stereocenters. The zero-order valence-electron chi connectivity index (χ0n) is 11.6. The maximum Gasteiger partial charge on any atom is 0.321 e. The van der Waals surface area contributed by atoms with Crippen LogP contribution in [-0.2, 0) is 11.3 Å². The number of fused-ring (bicyclic) bond motifs is 1. The molecule has 3 unspecified atom stereocenters. The Bertz CT molecular complexity index is 611. The van der Waals surface area contributed by atoms with Gasteiger partial charge in [0.15, 0.2) is 0 Å². The normalized spacial score (nSPS) is 28.3. The van der Waals surface area contributed by atoms with Crippen LogP contribution < -0.4 is 0 Å². The van der Waals surface area contributed by atoms with E-state index >= 15 is 0 Å². The van der Waals surface area contributed by atoms with Crippen LogP contribution in [0.4, 0.5) is 4.39 Å². The van der Waals surface area contributed by atoms with E-state index in [-0.39, 0.29) is 5.92 Å². The Balaban J connectivity index is 1.86. The fraction of sp³-hybridized carbons (Fsp3) is 0.500. The van der Waals surface area contributed by atoms with Crippen LogP contribution in [-0.4, -0.2) is 28.6 Å². The quantitative estimate of drug-likeness (QED) is 0.927. The highest BCUT2D eigenvalue weighted by Crippen LogP contribution is 2.42. The second-order valence-corrected chi connectivity index (χ2v) is 5.98. The van der Waals surface area contributed by atoms with Crippen LogP contribution in [0.3, 0.4) is 0 Å². The molecule has 0 amide bonds. The number of halogens is 1. The van der Waals surface area contributed by atoms with Gasteiger partial charge in [0.2, 0.25) is 0 Å². The second kappa shape index (κ2) is 5.45. The van der Waals surface area contributed by atoms with Crippen LogP contribution in [0.1, 0.15) is 30.4 Å². The number of hydrogen-bond acceptors (Lipinski definition) is 3. The molecular weight excluding hydrogens is 271 g/mol. The Hall–Kier alpha value is -1.93. The summed E-state index contributed by atoms with van der Waals surface area (Å²) < 4.78 is 13.4. The van der Waals surface area contributed by atoms with Crippen molar-refractivity contribution in [3.8, 4) is 6.07 Å². The molecule has 1 aromatic rings. The van der Waals surface area contributed by atoms with Gasteiger partial charge in [0, 0.05) is 13.1 Å². The fourth-order valence-corrected chi connectivity index (χ4v) is 3.92. The molecule has 1 aliphatic carbocycles. The standard InChI is InChI=1S/C16H17FN2O2/c17-13-5-4-10(7-18)12(6-13)9-19-8-11-2-1-3-14(11)15(19)16(20)21/h4-6,11,14-15H,1-3,8-9H2,(H,20,21). The topological polar surface area (TPSA) is 64.3 Å². The van der Waals surface area contributed by atoms with Crippen molar-refractivity contribution in [3.63, 3.8) is 0 Å². The van der Waals surface area contributed by atoms with Crippen LogP contribution in [0, 0.1) is 29.0 Å². The SMILES string of the molecule is N#Cc1ccc(F)cc1CN1CC2CCCC2C1C(=O)O. The molecule has 21 heavy (non-hydrogen) atoms. The number of benzene rings is 1. The number of carboxylic acid groups (broad SMARTS) is 1. The molecule has 1 aliphatic heterocycles. The molecule has 2 fully saturated rings. The molecule has 1 saturated heterocycles. The van der Waals surface area contributed by atoms with Crippen LogP contribution >= 0.6 is 0 Å². The van der Waals surface area contributed by atoms with Gasteiger partial charge in [-0.3, -0.25) is 9.69 Å². The van der Waals surface area contributed by atoms with Crippen LogP contribution in [0.25, 0.3) is 0 Å². The van der Waals surface area contributed by atoms with Crippen LogP contribution in [0.5, 0.6) is 0 Å². The summed E-state index contributed by atoms with van der Waals surface area (Å²) in [5.41, 5.74) is 0.987. The van der Waals surface area contributed by atoms with Crippen molar-refractivity contribution in [3.05, 3.63) is 35.1 Å². The van der Waals surface area contributed by atoms with Gasteiger partial charge in [-0.25, -0.2) is 4.39 Å². The van der Waals surface area contributed by atoms with Gasteiger partial charge in [0.1, 0.15) is 11.9 Å². The van der Waals surface area contributed by atoms with Crippen LogP contribution in [0.2, 0.25) is 0 Å². The van der Waals surface area contributed by atoms with Crippen molar-refractivity contribution < 1.29 is 14.3 Å². The van der Waals surface area contributed by atoms with E-state index in [1.807, 2.05) is 4.90 Å². The summed E-state index contributed by atoms with van der Waals surface area (Å²) in [5.74, 6) is -0.582. The van der Waals surface area contributed by atoms with E-state index in [0.717, 1.165) is 25.8 Å². The average Bonchev–Trinajstić information content (AvgIpc) is 2.98. The molecule has 1 heterocycles. The van der Waals surface area contributed by atoms with E-state index in [4.69, 9.17) is 5.26 Å². The number of hydrogen-bond donors (Lipinski definition) is 1. The first-order chi connectivity index (χ1) is 10.1. The highest BCUT2D eigenvalue weighted by Gasteiger charge is 2.47. The number of carboxylic acids is 1. The van der Waals surface area contributed by atoms with Crippen molar-refractivity contribution in [1.29, 1.82) is 5.26 Å². The van der Waals surface area contributed by atoms with Gasteiger partial charge < -0.3 is 5.11 Å². The van der Waals surface area contributed by atoms with E-state index < -0.39 is 17.8 Å². The van der Waals surface area contributed by atoms with Gasteiger partial charge in [0.25, 0.3) is 0 Å². The Morgan fingerprint density at radius 2 is 2.29 bits per heavy atom. The third kappa shape index (κ3) is 2.52. The lowest BCUT2D eigenvalue weighted by molar-refractivity contribution is -0.143. The fourth-order valence-electron chi connectivity index (χ4n) is 3.92. The minimum absolute atomic E-state index is 0.196. The van der Waals surface area contributed by atoms with E-state index in [2.05, 4.69) is 6.07 Å². The van der Waals surface area contributed by atoms with Gasteiger partial charge in [-0.05, 0) is 48.4 Å². The summed E-state index contributed by atoms with van der Waals surface area (Å²) in [5, 5.41) is 18.6. The molecule has 1 aromatic carbocycles. The largest absolute Gasteiger partial charge is 0.480 e. The molecule has 5 heteroatoms. The van der Waals surface area contributed by atoms with Gasteiger partial charge in [-0.2, -0.15) is 5.26 Å². The summed E-state index contributed by atoms with van der Waals surface area (Å²) in [6, 6.07) is 5.60. The van der Waals surface area contributed by atoms with Crippen molar-refractivity contribution in [2.24, 2.45) is 11.8 Å².